The number of thiophene rings is 1. The predicted octanol–water partition coefficient (Wildman–Crippen LogP) is 2.77. The summed E-state index contributed by atoms with van der Waals surface area (Å²) < 4.78 is 29.2. The Bertz CT molecular complexity index is 761. The Labute approximate surface area is 127 Å². The molecular weight excluding hydrogens is 308 g/mol. The number of hydrogen-bond acceptors (Lipinski definition) is 5. The lowest BCUT2D eigenvalue weighted by atomic mass is 10.1. The molecule has 21 heavy (non-hydrogen) atoms. The van der Waals surface area contributed by atoms with Crippen molar-refractivity contribution >= 4 is 37.2 Å². The van der Waals surface area contributed by atoms with Crippen LogP contribution in [0.3, 0.4) is 0 Å². The Morgan fingerprint density at radius 2 is 2.14 bits per heavy atom. The molecule has 112 valence electrons. The van der Waals surface area contributed by atoms with E-state index in [0.29, 0.717) is 6.42 Å². The highest BCUT2D eigenvalue weighted by Gasteiger charge is 2.29. The van der Waals surface area contributed by atoms with Gasteiger partial charge in [0.2, 0.25) is 0 Å². The third-order valence-electron chi connectivity index (χ3n) is 3.73. The molecule has 1 fully saturated rings. The molecule has 1 saturated heterocycles. The molecule has 0 radical (unpaired) electrons. The van der Waals surface area contributed by atoms with E-state index in [1.165, 1.54) is 4.70 Å². The van der Waals surface area contributed by atoms with Crippen LogP contribution >= 0.6 is 11.3 Å². The number of carbonyl (C=O) groups excluding carboxylic acids is 1. The number of esters is 1. The van der Waals surface area contributed by atoms with Crippen molar-refractivity contribution in [2.24, 2.45) is 5.92 Å². The van der Waals surface area contributed by atoms with Gasteiger partial charge in [0, 0.05) is 16.7 Å². The van der Waals surface area contributed by atoms with Gasteiger partial charge in [-0.2, -0.15) is 0 Å². The molecule has 0 amide bonds. The van der Waals surface area contributed by atoms with E-state index in [1.54, 1.807) is 11.3 Å². The van der Waals surface area contributed by atoms with Gasteiger partial charge >= 0.3 is 5.97 Å². The van der Waals surface area contributed by atoms with E-state index >= 15 is 0 Å². The summed E-state index contributed by atoms with van der Waals surface area (Å²) in [6.45, 7) is 0.252. The minimum atomic E-state index is -2.93. The average Bonchev–Trinajstić information content (AvgIpc) is 3.00. The fourth-order valence-electron chi connectivity index (χ4n) is 2.63. The fourth-order valence-corrected chi connectivity index (χ4v) is 5.44. The maximum atomic E-state index is 11.8. The van der Waals surface area contributed by atoms with Crippen molar-refractivity contribution in [3.63, 3.8) is 0 Å². The van der Waals surface area contributed by atoms with Gasteiger partial charge in [-0.1, -0.05) is 18.2 Å². The van der Waals surface area contributed by atoms with E-state index < -0.39 is 9.84 Å². The largest absolute Gasteiger partial charge is 0.461 e. The van der Waals surface area contributed by atoms with E-state index in [4.69, 9.17) is 4.74 Å². The zero-order valence-electron chi connectivity index (χ0n) is 11.4. The summed E-state index contributed by atoms with van der Waals surface area (Å²) in [5.41, 5.74) is 1.00. The Hall–Kier alpha value is -1.40. The van der Waals surface area contributed by atoms with Crippen molar-refractivity contribution in [1.82, 2.24) is 0 Å². The third kappa shape index (κ3) is 3.44. The van der Waals surface area contributed by atoms with Gasteiger partial charge in [-0.05, 0) is 29.2 Å². The molecule has 1 aliphatic heterocycles. The summed E-state index contributed by atoms with van der Waals surface area (Å²) in [6, 6.07) is 7.99. The summed E-state index contributed by atoms with van der Waals surface area (Å²) in [5.74, 6) is -0.0852. The molecule has 3 rings (SSSR count). The Kier molecular flexibility index (Phi) is 3.99. The number of carbonyl (C=O) groups is 1. The smallest absolute Gasteiger partial charge is 0.306 e. The van der Waals surface area contributed by atoms with Gasteiger partial charge in [-0.25, -0.2) is 8.42 Å². The Morgan fingerprint density at radius 3 is 2.90 bits per heavy atom. The molecule has 1 atom stereocenters. The van der Waals surface area contributed by atoms with Gasteiger partial charge in [0.1, 0.15) is 6.61 Å². The third-order valence-corrected chi connectivity index (χ3v) is 6.58. The molecule has 6 heteroatoms. The lowest BCUT2D eigenvalue weighted by Gasteiger charge is -2.07. The van der Waals surface area contributed by atoms with Crippen LogP contribution in [0.2, 0.25) is 0 Å². The zero-order chi connectivity index (χ0) is 14.9. The number of benzene rings is 1. The lowest BCUT2D eigenvalue weighted by Crippen LogP contribution is -2.13. The zero-order valence-corrected chi connectivity index (χ0v) is 13.1. The lowest BCUT2D eigenvalue weighted by molar-refractivity contribution is -0.145. The van der Waals surface area contributed by atoms with Crippen molar-refractivity contribution in [1.29, 1.82) is 0 Å². The van der Waals surface area contributed by atoms with Crippen LogP contribution in [0.1, 0.15) is 18.4 Å². The van der Waals surface area contributed by atoms with Crippen LogP contribution in [0.25, 0.3) is 10.1 Å². The number of fused-ring (bicyclic) bond motifs is 1. The molecule has 1 aliphatic rings. The van der Waals surface area contributed by atoms with Crippen LogP contribution in [0.5, 0.6) is 0 Å². The van der Waals surface area contributed by atoms with Crippen LogP contribution in [0, 0.1) is 5.92 Å². The highest BCUT2D eigenvalue weighted by molar-refractivity contribution is 7.91. The molecule has 4 nitrogen and oxygen atoms in total. The molecule has 0 bridgehead atoms. The Balaban J connectivity index is 1.57. The van der Waals surface area contributed by atoms with Crippen molar-refractivity contribution in [3.05, 3.63) is 35.2 Å². The molecule has 1 aromatic carbocycles. The molecule has 0 N–H and O–H groups in total. The van der Waals surface area contributed by atoms with Crippen molar-refractivity contribution in [3.8, 4) is 0 Å². The van der Waals surface area contributed by atoms with Gasteiger partial charge < -0.3 is 4.74 Å². The molecule has 1 unspecified atom stereocenters. The first-order valence-corrected chi connectivity index (χ1v) is 9.55. The van der Waals surface area contributed by atoms with Crippen molar-refractivity contribution in [2.75, 3.05) is 11.5 Å². The summed E-state index contributed by atoms with van der Waals surface area (Å²) in [5, 5.41) is 3.11. The van der Waals surface area contributed by atoms with Crippen LogP contribution in [0.15, 0.2) is 29.6 Å². The standard InChI is InChI=1S/C15H16O4S2/c16-15(7-11-5-6-21(17,18)10-11)19-8-12-9-20-14-4-2-1-3-13(12)14/h1-4,9,11H,5-8,10H2. The van der Waals surface area contributed by atoms with Crippen molar-refractivity contribution < 1.29 is 17.9 Å². The Morgan fingerprint density at radius 1 is 1.33 bits per heavy atom. The highest BCUT2D eigenvalue weighted by atomic mass is 32.2. The fraction of sp³-hybridized carbons (Fsp3) is 0.400. The minimum absolute atomic E-state index is 0.0817. The quantitative estimate of drug-likeness (QED) is 0.811. The number of rotatable bonds is 4. The first-order chi connectivity index (χ1) is 10.0. The predicted molar refractivity (Wildman–Crippen MR) is 83.0 cm³/mol. The topological polar surface area (TPSA) is 60.4 Å². The van der Waals surface area contributed by atoms with Gasteiger partial charge in [0.15, 0.2) is 9.84 Å². The van der Waals surface area contributed by atoms with Gasteiger partial charge in [-0.3, -0.25) is 4.79 Å². The number of hydrogen-bond donors (Lipinski definition) is 0. The van der Waals surface area contributed by atoms with Gasteiger partial charge in [-0.15, -0.1) is 11.3 Å². The normalized spacial score (nSPS) is 20.7. The highest BCUT2D eigenvalue weighted by Crippen LogP contribution is 2.27. The monoisotopic (exact) mass is 324 g/mol. The number of ether oxygens (including phenoxy) is 1. The maximum absolute atomic E-state index is 11.8. The minimum Gasteiger partial charge on any atom is -0.461 e. The van der Waals surface area contributed by atoms with Gasteiger partial charge in [0.25, 0.3) is 0 Å². The summed E-state index contributed by atoms with van der Waals surface area (Å²) in [4.78, 5) is 11.8. The second-order valence-corrected chi connectivity index (χ2v) is 8.53. The maximum Gasteiger partial charge on any atom is 0.306 e. The van der Waals surface area contributed by atoms with Crippen molar-refractivity contribution in [2.45, 2.75) is 19.4 Å². The van der Waals surface area contributed by atoms with E-state index in [-0.39, 0.29) is 36.4 Å². The molecular formula is C15H16O4S2. The van der Waals surface area contributed by atoms with E-state index in [0.717, 1.165) is 10.9 Å². The van der Waals surface area contributed by atoms with Crippen LogP contribution in [0.4, 0.5) is 0 Å². The second kappa shape index (κ2) is 5.77. The van der Waals surface area contributed by atoms with E-state index in [9.17, 15) is 13.2 Å². The van der Waals surface area contributed by atoms with Crippen LogP contribution in [-0.2, 0) is 26.0 Å². The molecule has 0 spiro atoms. The molecule has 0 aliphatic carbocycles. The average molecular weight is 324 g/mol. The first-order valence-electron chi connectivity index (χ1n) is 6.85. The van der Waals surface area contributed by atoms with E-state index in [1.807, 2.05) is 29.6 Å². The van der Waals surface area contributed by atoms with E-state index in [2.05, 4.69) is 0 Å². The summed E-state index contributed by atoms with van der Waals surface area (Å²) in [7, 11) is -2.93. The molecule has 2 heterocycles. The number of sulfone groups is 1. The van der Waals surface area contributed by atoms with Crippen LogP contribution in [-0.4, -0.2) is 25.9 Å². The van der Waals surface area contributed by atoms with Crippen LogP contribution < -0.4 is 0 Å². The second-order valence-electron chi connectivity index (χ2n) is 5.39. The summed E-state index contributed by atoms with van der Waals surface area (Å²) >= 11 is 1.63. The SMILES string of the molecule is O=C(CC1CCS(=O)(=O)C1)OCc1csc2ccccc12. The molecule has 2 aromatic rings. The summed E-state index contributed by atoms with van der Waals surface area (Å²) in [6.07, 6.45) is 0.764. The van der Waals surface area contributed by atoms with Gasteiger partial charge in [0.05, 0.1) is 11.5 Å². The molecule has 1 aromatic heterocycles. The first kappa shape index (κ1) is 14.5. The molecule has 0 saturated carbocycles.